The largest absolute Gasteiger partial charge is 0.440 e. The number of rotatable bonds is 6. The fourth-order valence-corrected chi connectivity index (χ4v) is 2.62. The minimum absolute atomic E-state index is 0.0476. The minimum atomic E-state index is -3.78. The third-order valence-corrected chi connectivity index (χ3v) is 3.50. The highest BCUT2D eigenvalue weighted by Crippen LogP contribution is 2.13. The molecule has 96 valence electrons. The van der Waals surface area contributed by atoms with E-state index in [9.17, 15) is 13.2 Å². The van der Waals surface area contributed by atoms with E-state index in [4.69, 9.17) is 9.52 Å². The number of aliphatic hydroxyl groups excluding tert-OH is 1. The van der Waals surface area contributed by atoms with E-state index < -0.39 is 22.2 Å². The van der Waals surface area contributed by atoms with Crippen LogP contribution in [0.3, 0.4) is 0 Å². The van der Waals surface area contributed by atoms with Crippen LogP contribution in [0.4, 0.5) is 0 Å². The molecule has 0 saturated carbocycles. The third kappa shape index (κ3) is 3.95. The van der Waals surface area contributed by atoms with Crippen molar-refractivity contribution >= 4 is 16.3 Å². The normalized spacial score (nSPS) is 15.5. The van der Waals surface area contributed by atoms with Gasteiger partial charge in [0.2, 0.25) is 5.09 Å². The molecule has 0 spiro atoms. The summed E-state index contributed by atoms with van der Waals surface area (Å²) >= 11 is 0. The molecule has 2 N–H and O–H groups in total. The number of carbonyl (C=O) groups is 1. The molecule has 7 heteroatoms. The van der Waals surface area contributed by atoms with Crippen molar-refractivity contribution in [3.8, 4) is 0 Å². The van der Waals surface area contributed by atoms with Gasteiger partial charge in [0.25, 0.3) is 10.0 Å². The molecule has 1 aromatic heterocycles. The highest BCUT2D eigenvalue weighted by atomic mass is 32.2. The smallest absolute Gasteiger partial charge is 0.274 e. The van der Waals surface area contributed by atoms with Crippen molar-refractivity contribution in [2.45, 2.75) is 37.5 Å². The summed E-state index contributed by atoms with van der Waals surface area (Å²) in [6.45, 7) is 3.20. The van der Waals surface area contributed by atoms with Crippen molar-refractivity contribution in [1.82, 2.24) is 4.72 Å². The fraction of sp³-hybridized carbons (Fsp3) is 0.500. The second-order valence-electron chi connectivity index (χ2n) is 3.88. The Kier molecular flexibility index (Phi) is 4.44. The average Bonchev–Trinajstić information content (AvgIpc) is 2.63. The van der Waals surface area contributed by atoms with Gasteiger partial charge < -0.3 is 9.52 Å². The lowest BCUT2D eigenvalue weighted by atomic mass is 10.2. The Balaban J connectivity index is 2.78. The van der Waals surface area contributed by atoms with Gasteiger partial charge in [-0.25, -0.2) is 13.1 Å². The van der Waals surface area contributed by atoms with Crippen LogP contribution in [-0.2, 0) is 10.0 Å². The number of nitrogens with one attached hydrogen (secondary N) is 1. The first-order valence-electron chi connectivity index (χ1n) is 5.10. The predicted octanol–water partition coefficient (Wildman–Crippen LogP) is 0.530. The molecular weight excluding hydrogens is 246 g/mol. The summed E-state index contributed by atoms with van der Waals surface area (Å²) in [6, 6.07) is 2.06. The number of carbonyl (C=O) groups excluding carboxylic acids is 1. The molecule has 6 nitrogen and oxygen atoms in total. The molecule has 0 saturated heterocycles. The zero-order valence-corrected chi connectivity index (χ0v) is 10.4. The summed E-state index contributed by atoms with van der Waals surface area (Å²) in [5.74, 6) is -0.0476. The van der Waals surface area contributed by atoms with Gasteiger partial charge in [0, 0.05) is 6.04 Å². The van der Waals surface area contributed by atoms with Gasteiger partial charge >= 0.3 is 0 Å². The van der Waals surface area contributed by atoms with Crippen LogP contribution in [-0.4, -0.2) is 32.0 Å². The highest BCUT2D eigenvalue weighted by Gasteiger charge is 2.21. The quantitative estimate of drug-likeness (QED) is 0.728. The van der Waals surface area contributed by atoms with Gasteiger partial charge in [-0.3, -0.25) is 4.79 Å². The van der Waals surface area contributed by atoms with Crippen molar-refractivity contribution in [3.05, 3.63) is 17.9 Å². The molecule has 17 heavy (non-hydrogen) atoms. The Hall–Kier alpha value is -1.18. The van der Waals surface area contributed by atoms with Crippen molar-refractivity contribution < 1.29 is 22.7 Å². The molecular formula is C10H15NO5S. The van der Waals surface area contributed by atoms with Crippen LogP contribution in [0.25, 0.3) is 0 Å². The Morgan fingerprint density at radius 3 is 2.59 bits per heavy atom. The molecule has 0 fully saturated rings. The summed E-state index contributed by atoms with van der Waals surface area (Å²) in [4.78, 5) is 10.4. The van der Waals surface area contributed by atoms with Gasteiger partial charge in [0.05, 0.1) is 6.10 Å². The Morgan fingerprint density at radius 1 is 1.47 bits per heavy atom. The van der Waals surface area contributed by atoms with Gasteiger partial charge in [0.15, 0.2) is 12.0 Å². The maximum atomic E-state index is 11.8. The van der Waals surface area contributed by atoms with Crippen molar-refractivity contribution in [3.63, 3.8) is 0 Å². The van der Waals surface area contributed by atoms with E-state index in [0.29, 0.717) is 12.7 Å². The summed E-state index contributed by atoms with van der Waals surface area (Å²) in [6.07, 6.45) is 0.119. The van der Waals surface area contributed by atoms with Crippen LogP contribution in [0.5, 0.6) is 0 Å². The maximum absolute atomic E-state index is 11.8. The molecule has 0 aromatic carbocycles. The first-order valence-corrected chi connectivity index (χ1v) is 6.59. The van der Waals surface area contributed by atoms with Crippen molar-refractivity contribution in [1.29, 1.82) is 0 Å². The van der Waals surface area contributed by atoms with Gasteiger partial charge in [-0.1, -0.05) is 0 Å². The Morgan fingerprint density at radius 2 is 2.12 bits per heavy atom. The summed E-state index contributed by atoms with van der Waals surface area (Å²) in [7, 11) is -3.78. The zero-order valence-electron chi connectivity index (χ0n) is 9.58. The van der Waals surface area contributed by atoms with E-state index >= 15 is 0 Å². The number of furan rings is 1. The molecule has 2 unspecified atom stereocenters. The van der Waals surface area contributed by atoms with E-state index in [2.05, 4.69) is 4.72 Å². The number of sulfonamides is 1. The molecule has 1 rings (SSSR count). The number of aliphatic hydroxyl groups is 1. The van der Waals surface area contributed by atoms with Crippen LogP contribution in [0, 0.1) is 0 Å². The van der Waals surface area contributed by atoms with E-state index in [-0.39, 0.29) is 10.9 Å². The Bertz CT molecular complexity index is 477. The molecule has 0 radical (unpaired) electrons. The van der Waals surface area contributed by atoms with Crippen LogP contribution in [0.2, 0.25) is 0 Å². The Labute approximate surface area is 99.7 Å². The molecule has 0 aliphatic rings. The second kappa shape index (κ2) is 5.44. The molecule has 0 bridgehead atoms. The lowest BCUT2D eigenvalue weighted by molar-refractivity contribution is 0.109. The van der Waals surface area contributed by atoms with Crippen LogP contribution in [0.1, 0.15) is 30.8 Å². The minimum Gasteiger partial charge on any atom is -0.440 e. The molecule has 2 atom stereocenters. The van der Waals surface area contributed by atoms with E-state index in [1.807, 2.05) is 0 Å². The highest BCUT2D eigenvalue weighted by molar-refractivity contribution is 7.89. The van der Waals surface area contributed by atoms with Crippen LogP contribution in [0.15, 0.2) is 21.6 Å². The summed E-state index contributed by atoms with van der Waals surface area (Å²) < 4.78 is 30.7. The monoisotopic (exact) mass is 261 g/mol. The number of hydrogen-bond donors (Lipinski definition) is 2. The summed E-state index contributed by atoms with van der Waals surface area (Å²) in [5, 5.41) is 8.82. The molecule has 1 aromatic rings. The molecule has 0 aliphatic heterocycles. The maximum Gasteiger partial charge on any atom is 0.274 e. The molecule has 0 amide bonds. The standard InChI is InChI=1S/C10H15NO5S/c1-7(5-8(2)13)11-17(14,15)10-4-3-9(6-12)16-10/h3-4,6-8,11,13H,5H2,1-2H3. The average molecular weight is 261 g/mol. The lowest BCUT2D eigenvalue weighted by Crippen LogP contribution is -2.34. The van der Waals surface area contributed by atoms with Gasteiger partial charge in [-0.15, -0.1) is 0 Å². The van der Waals surface area contributed by atoms with E-state index in [0.717, 1.165) is 0 Å². The fourth-order valence-electron chi connectivity index (χ4n) is 1.42. The van der Waals surface area contributed by atoms with Crippen LogP contribution < -0.4 is 4.72 Å². The van der Waals surface area contributed by atoms with Gasteiger partial charge in [0.1, 0.15) is 0 Å². The lowest BCUT2D eigenvalue weighted by Gasteiger charge is -2.14. The number of hydrogen-bond acceptors (Lipinski definition) is 5. The zero-order chi connectivity index (χ0) is 13.1. The van der Waals surface area contributed by atoms with Crippen molar-refractivity contribution in [2.24, 2.45) is 0 Å². The third-order valence-electron chi connectivity index (χ3n) is 2.03. The SMILES string of the molecule is CC(O)CC(C)NS(=O)(=O)c1ccc(C=O)o1. The van der Waals surface area contributed by atoms with Crippen LogP contribution >= 0.6 is 0 Å². The molecule has 1 heterocycles. The van der Waals surface area contributed by atoms with E-state index in [1.54, 1.807) is 13.8 Å². The topological polar surface area (TPSA) is 96.6 Å². The van der Waals surface area contributed by atoms with Gasteiger partial charge in [-0.05, 0) is 32.4 Å². The summed E-state index contributed by atoms with van der Waals surface area (Å²) in [5.41, 5.74) is 0. The second-order valence-corrected chi connectivity index (χ2v) is 5.53. The molecule has 0 aliphatic carbocycles. The first-order chi connectivity index (χ1) is 7.85. The predicted molar refractivity (Wildman–Crippen MR) is 60.2 cm³/mol. The van der Waals surface area contributed by atoms with E-state index in [1.165, 1.54) is 12.1 Å². The number of aldehydes is 1. The van der Waals surface area contributed by atoms with Gasteiger partial charge in [-0.2, -0.15) is 0 Å². The van der Waals surface area contributed by atoms with Crippen molar-refractivity contribution in [2.75, 3.05) is 0 Å². The first kappa shape index (κ1) is 13.9.